The Morgan fingerprint density at radius 3 is 2.95 bits per heavy atom. The summed E-state index contributed by atoms with van der Waals surface area (Å²) in [5, 5.41) is -0.218. The Labute approximate surface area is 112 Å². The molecule has 2 aromatic rings. The van der Waals surface area contributed by atoms with Gasteiger partial charge in [0, 0.05) is 31.7 Å². The number of nitrogens with zero attached hydrogens (tertiary/aromatic N) is 3. The van der Waals surface area contributed by atoms with Crippen LogP contribution in [0.5, 0.6) is 0 Å². The van der Waals surface area contributed by atoms with E-state index in [1.54, 1.807) is 0 Å². The highest BCUT2D eigenvalue weighted by Crippen LogP contribution is 2.18. The molecule has 0 spiro atoms. The average molecular weight is 279 g/mol. The fourth-order valence-electron chi connectivity index (χ4n) is 2.58. The maximum absolute atomic E-state index is 11.5. The second-order valence-corrected chi connectivity index (χ2v) is 7.50. The second kappa shape index (κ2) is 4.61. The first-order valence-electron chi connectivity index (χ1n) is 6.36. The van der Waals surface area contributed by atoms with Crippen LogP contribution in [-0.2, 0) is 16.4 Å². The molecular formula is C13H17N3O2S. The molecule has 5 nitrogen and oxygen atoms in total. The summed E-state index contributed by atoms with van der Waals surface area (Å²) in [5.74, 6) is 0. The minimum absolute atomic E-state index is 0.218. The number of pyridine rings is 1. The summed E-state index contributed by atoms with van der Waals surface area (Å²) in [4.78, 5) is 6.70. The second-order valence-electron chi connectivity index (χ2n) is 5.17. The first kappa shape index (κ1) is 12.6. The van der Waals surface area contributed by atoms with E-state index < -0.39 is 9.84 Å². The maximum atomic E-state index is 11.5. The number of sulfone groups is 1. The van der Waals surface area contributed by atoms with Gasteiger partial charge < -0.3 is 4.40 Å². The molecular weight excluding hydrogens is 262 g/mol. The Kier molecular flexibility index (Phi) is 3.06. The smallest absolute Gasteiger partial charge is 0.151 e. The number of imidazole rings is 1. The van der Waals surface area contributed by atoms with Crippen LogP contribution in [0.15, 0.2) is 30.6 Å². The van der Waals surface area contributed by atoms with Crippen LogP contribution in [0.2, 0.25) is 0 Å². The molecule has 1 aliphatic heterocycles. The Balaban J connectivity index is 1.72. The van der Waals surface area contributed by atoms with Gasteiger partial charge in [0.25, 0.3) is 0 Å². The van der Waals surface area contributed by atoms with Gasteiger partial charge in [-0.05, 0) is 25.1 Å². The van der Waals surface area contributed by atoms with Gasteiger partial charge in [-0.15, -0.1) is 0 Å². The number of likely N-dealkylation sites (tertiary alicyclic amines) is 1. The van der Waals surface area contributed by atoms with E-state index in [1.165, 1.54) is 6.26 Å². The lowest BCUT2D eigenvalue weighted by molar-refractivity contribution is 0.328. The fraction of sp³-hybridized carbons (Fsp3) is 0.462. The van der Waals surface area contributed by atoms with E-state index >= 15 is 0 Å². The molecule has 1 saturated heterocycles. The Bertz CT molecular complexity index is 660. The van der Waals surface area contributed by atoms with E-state index in [9.17, 15) is 8.42 Å². The first-order chi connectivity index (χ1) is 9.02. The molecule has 1 unspecified atom stereocenters. The van der Waals surface area contributed by atoms with Gasteiger partial charge in [0.05, 0.1) is 10.9 Å². The molecule has 3 rings (SSSR count). The average Bonchev–Trinajstić information content (AvgIpc) is 2.94. The standard InChI is InChI=1S/C13H17N3O2S/c1-19(17,18)12-5-7-15(10-12)8-11-9-16-6-3-2-4-13(16)14-11/h2-4,6,9,12H,5,7-8,10H2,1H3. The van der Waals surface area contributed by atoms with E-state index in [4.69, 9.17) is 0 Å². The zero-order valence-corrected chi connectivity index (χ0v) is 11.7. The zero-order chi connectivity index (χ0) is 13.5. The molecule has 0 amide bonds. The molecule has 0 saturated carbocycles. The summed E-state index contributed by atoms with van der Waals surface area (Å²) >= 11 is 0. The van der Waals surface area contributed by atoms with Crippen molar-refractivity contribution in [1.29, 1.82) is 0 Å². The van der Waals surface area contributed by atoms with Crippen LogP contribution < -0.4 is 0 Å². The van der Waals surface area contributed by atoms with Gasteiger partial charge in [0.15, 0.2) is 9.84 Å². The van der Waals surface area contributed by atoms with Crippen LogP contribution in [0.4, 0.5) is 0 Å². The van der Waals surface area contributed by atoms with Gasteiger partial charge in [0.2, 0.25) is 0 Å². The summed E-state index contributed by atoms with van der Waals surface area (Å²) in [7, 11) is -2.92. The highest BCUT2D eigenvalue weighted by molar-refractivity contribution is 7.91. The molecule has 0 bridgehead atoms. The van der Waals surface area contributed by atoms with Crippen LogP contribution >= 0.6 is 0 Å². The lowest BCUT2D eigenvalue weighted by atomic mass is 10.4. The van der Waals surface area contributed by atoms with Crippen molar-refractivity contribution in [2.45, 2.75) is 18.2 Å². The van der Waals surface area contributed by atoms with Gasteiger partial charge in [0.1, 0.15) is 5.65 Å². The van der Waals surface area contributed by atoms with E-state index in [-0.39, 0.29) is 5.25 Å². The van der Waals surface area contributed by atoms with Gasteiger partial charge >= 0.3 is 0 Å². The lowest BCUT2D eigenvalue weighted by Crippen LogP contribution is -2.26. The normalized spacial score (nSPS) is 21.2. The van der Waals surface area contributed by atoms with E-state index in [2.05, 4.69) is 9.88 Å². The van der Waals surface area contributed by atoms with Gasteiger partial charge in [-0.1, -0.05) is 6.07 Å². The molecule has 3 heterocycles. The largest absolute Gasteiger partial charge is 0.307 e. The SMILES string of the molecule is CS(=O)(=O)C1CCN(Cc2cn3ccccc3n2)C1. The van der Waals surface area contributed by atoms with Gasteiger partial charge in [-0.3, -0.25) is 4.90 Å². The number of fused-ring (bicyclic) bond motifs is 1. The number of hydrogen-bond donors (Lipinski definition) is 0. The predicted molar refractivity (Wildman–Crippen MR) is 73.7 cm³/mol. The number of hydrogen-bond acceptors (Lipinski definition) is 4. The van der Waals surface area contributed by atoms with E-state index in [0.717, 1.165) is 24.3 Å². The van der Waals surface area contributed by atoms with Gasteiger partial charge in [-0.25, -0.2) is 13.4 Å². The highest BCUT2D eigenvalue weighted by atomic mass is 32.2. The van der Waals surface area contributed by atoms with Crippen LogP contribution in [0.3, 0.4) is 0 Å². The third kappa shape index (κ3) is 2.64. The van der Waals surface area contributed by atoms with Crippen LogP contribution in [0.25, 0.3) is 5.65 Å². The minimum Gasteiger partial charge on any atom is -0.307 e. The minimum atomic E-state index is -2.92. The Morgan fingerprint density at radius 1 is 1.42 bits per heavy atom. The van der Waals surface area contributed by atoms with E-state index in [1.807, 2.05) is 35.0 Å². The van der Waals surface area contributed by atoms with Crippen molar-refractivity contribution in [2.75, 3.05) is 19.3 Å². The lowest BCUT2D eigenvalue weighted by Gasteiger charge is -2.13. The number of aromatic nitrogens is 2. The maximum Gasteiger partial charge on any atom is 0.151 e. The van der Waals surface area contributed by atoms with Gasteiger partial charge in [-0.2, -0.15) is 0 Å². The Morgan fingerprint density at radius 2 is 2.26 bits per heavy atom. The molecule has 6 heteroatoms. The molecule has 1 atom stereocenters. The molecule has 19 heavy (non-hydrogen) atoms. The van der Waals surface area contributed by atoms with Crippen molar-refractivity contribution in [3.63, 3.8) is 0 Å². The summed E-state index contributed by atoms with van der Waals surface area (Å²) < 4.78 is 25.0. The molecule has 102 valence electrons. The van der Waals surface area contributed by atoms with Crippen molar-refractivity contribution in [2.24, 2.45) is 0 Å². The summed E-state index contributed by atoms with van der Waals surface area (Å²) in [6.07, 6.45) is 6.02. The summed E-state index contributed by atoms with van der Waals surface area (Å²) in [5.41, 5.74) is 1.91. The monoisotopic (exact) mass is 279 g/mol. The fourth-order valence-corrected chi connectivity index (χ4v) is 3.60. The van der Waals surface area contributed by atoms with Crippen LogP contribution in [0.1, 0.15) is 12.1 Å². The quantitative estimate of drug-likeness (QED) is 0.839. The van der Waals surface area contributed by atoms with Crippen molar-refractivity contribution < 1.29 is 8.42 Å². The molecule has 2 aromatic heterocycles. The topological polar surface area (TPSA) is 54.7 Å². The summed E-state index contributed by atoms with van der Waals surface area (Å²) in [6.45, 7) is 2.16. The molecule has 1 aliphatic rings. The summed E-state index contributed by atoms with van der Waals surface area (Å²) in [6, 6.07) is 5.89. The highest BCUT2D eigenvalue weighted by Gasteiger charge is 2.30. The van der Waals surface area contributed by atoms with Crippen molar-refractivity contribution in [3.8, 4) is 0 Å². The zero-order valence-electron chi connectivity index (χ0n) is 10.9. The van der Waals surface area contributed by atoms with Crippen LogP contribution in [0, 0.1) is 0 Å². The molecule has 0 radical (unpaired) electrons. The van der Waals surface area contributed by atoms with Crippen molar-refractivity contribution >= 4 is 15.5 Å². The molecule has 0 aromatic carbocycles. The van der Waals surface area contributed by atoms with Crippen molar-refractivity contribution in [1.82, 2.24) is 14.3 Å². The molecule has 0 N–H and O–H groups in total. The van der Waals surface area contributed by atoms with Crippen LogP contribution in [-0.4, -0.2) is 47.3 Å². The van der Waals surface area contributed by atoms with Crippen molar-refractivity contribution in [3.05, 3.63) is 36.3 Å². The Hall–Kier alpha value is -1.40. The predicted octanol–water partition coefficient (Wildman–Crippen LogP) is 0.953. The number of rotatable bonds is 3. The third-order valence-corrected chi connectivity index (χ3v) is 5.23. The first-order valence-corrected chi connectivity index (χ1v) is 8.32. The molecule has 1 fully saturated rings. The third-order valence-electron chi connectivity index (χ3n) is 3.63. The molecule has 0 aliphatic carbocycles. The van der Waals surface area contributed by atoms with E-state index in [0.29, 0.717) is 13.1 Å².